The highest BCUT2D eigenvalue weighted by atomic mass is 16.2. The number of imide groups is 1. The van der Waals surface area contributed by atoms with Crippen LogP contribution in [0, 0.1) is 42.4 Å². The summed E-state index contributed by atoms with van der Waals surface area (Å²) in [5, 5.41) is 0. The van der Waals surface area contributed by atoms with Gasteiger partial charge in [-0.15, -0.1) is 0 Å². The van der Waals surface area contributed by atoms with E-state index in [0.717, 1.165) is 11.3 Å². The van der Waals surface area contributed by atoms with E-state index in [2.05, 4.69) is 12.2 Å². The highest BCUT2D eigenvalue weighted by Gasteiger charge is 2.67. The second-order valence-corrected chi connectivity index (χ2v) is 7.00. The van der Waals surface area contributed by atoms with Crippen molar-refractivity contribution < 1.29 is 9.59 Å². The van der Waals surface area contributed by atoms with Crippen LogP contribution in [0.2, 0.25) is 0 Å². The number of hydrogen-bond acceptors (Lipinski definition) is 2. The molecule has 1 aromatic carbocycles. The van der Waals surface area contributed by atoms with Gasteiger partial charge in [0.25, 0.3) is 0 Å². The molecule has 5 aliphatic rings. The minimum absolute atomic E-state index is 0.0264. The number of allylic oxidation sites excluding steroid dienone is 2. The topological polar surface area (TPSA) is 37.4 Å². The van der Waals surface area contributed by atoms with Gasteiger partial charge in [-0.05, 0) is 49.1 Å². The molecule has 1 aliphatic heterocycles. The number of carbonyl (C=O) groups is 2. The lowest BCUT2D eigenvalue weighted by Crippen LogP contribution is -2.40. The molecule has 0 N–H and O–H groups in total. The van der Waals surface area contributed by atoms with Crippen LogP contribution >= 0.6 is 0 Å². The summed E-state index contributed by atoms with van der Waals surface area (Å²) in [4.78, 5) is 27.2. The van der Waals surface area contributed by atoms with E-state index in [1.54, 1.807) is 0 Å². The molecule has 0 aromatic heterocycles. The van der Waals surface area contributed by atoms with Crippen LogP contribution in [0.3, 0.4) is 0 Å². The number of benzene rings is 1. The van der Waals surface area contributed by atoms with Crippen LogP contribution in [0.5, 0.6) is 0 Å². The standard InChI is InChI=1S/C18H17NO2/c1-9-2-4-10(5-3-9)19-17(20)15-11-6-7-12(14-8-13(11)14)16(15)18(19)21/h2-7,11-16H,8H2,1H3/t11-,12-,13-,14-,15+,16+/m1/s1. The Labute approximate surface area is 123 Å². The first-order valence-corrected chi connectivity index (χ1v) is 7.79. The van der Waals surface area contributed by atoms with Gasteiger partial charge >= 0.3 is 0 Å². The van der Waals surface area contributed by atoms with Gasteiger partial charge in [0.05, 0.1) is 17.5 Å². The summed E-state index contributed by atoms with van der Waals surface area (Å²) in [6.07, 6.45) is 5.63. The Balaban J connectivity index is 1.58. The first-order valence-electron chi connectivity index (χ1n) is 7.79. The van der Waals surface area contributed by atoms with E-state index < -0.39 is 0 Å². The first kappa shape index (κ1) is 11.7. The molecular weight excluding hydrogens is 262 g/mol. The number of carbonyl (C=O) groups excluding carboxylic acids is 2. The van der Waals surface area contributed by atoms with E-state index in [1.165, 1.54) is 11.3 Å². The second-order valence-electron chi connectivity index (χ2n) is 7.00. The van der Waals surface area contributed by atoms with Gasteiger partial charge in [-0.2, -0.15) is 0 Å². The molecule has 1 aromatic rings. The third-order valence-corrected chi connectivity index (χ3v) is 5.95. The Bertz CT molecular complexity index is 654. The van der Waals surface area contributed by atoms with E-state index in [1.807, 2.05) is 31.2 Å². The van der Waals surface area contributed by atoms with E-state index in [4.69, 9.17) is 0 Å². The summed E-state index contributed by atoms with van der Waals surface area (Å²) in [5.74, 6) is 1.79. The van der Waals surface area contributed by atoms with Gasteiger partial charge in [-0.1, -0.05) is 29.8 Å². The molecule has 6 rings (SSSR count). The molecule has 2 amide bonds. The molecule has 2 bridgehead atoms. The van der Waals surface area contributed by atoms with E-state index in [0.29, 0.717) is 23.7 Å². The molecular formula is C18H17NO2. The van der Waals surface area contributed by atoms with E-state index >= 15 is 0 Å². The van der Waals surface area contributed by atoms with Crippen molar-refractivity contribution in [3.8, 4) is 0 Å². The zero-order chi connectivity index (χ0) is 14.3. The molecule has 106 valence electrons. The van der Waals surface area contributed by atoms with Crippen LogP contribution < -0.4 is 4.90 Å². The van der Waals surface area contributed by atoms with Crippen LogP contribution in [0.4, 0.5) is 5.69 Å². The lowest BCUT2D eigenvalue weighted by atomic mass is 9.63. The normalized spacial score (nSPS) is 42.2. The maximum atomic E-state index is 12.9. The van der Waals surface area contributed by atoms with Crippen molar-refractivity contribution in [2.75, 3.05) is 4.90 Å². The number of amides is 2. The molecule has 2 saturated carbocycles. The van der Waals surface area contributed by atoms with Gasteiger partial charge in [0, 0.05) is 0 Å². The third-order valence-electron chi connectivity index (χ3n) is 5.95. The fourth-order valence-electron chi connectivity index (χ4n) is 4.91. The molecule has 6 atom stereocenters. The summed E-state index contributed by atoms with van der Waals surface area (Å²) in [6, 6.07) is 7.70. The summed E-state index contributed by atoms with van der Waals surface area (Å²) in [6.45, 7) is 2.01. The lowest BCUT2D eigenvalue weighted by Gasteiger charge is -2.37. The average molecular weight is 279 g/mol. The molecule has 1 saturated heterocycles. The zero-order valence-electron chi connectivity index (χ0n) is 11.9. The third kappa shape index (κ3) is 1.34. The SMILES string of the molecule is Cc1ccc(N2C(=O)[C@H]3[C@@H]4C=C[C@H]([C@H]5C[C@H]45)[C@@H]3C2=O)cc1. The van der Waals surface area contributed by atoms with Crippen molar-refractivity contribution in [1.82, 2.24) is 0 Å². The number of anilines is 1. The van der Waals surface area contributed by atoms with Gasteiger partial charge in [0.2, 0.25) is 11.8 Å². The summed E-state index contributed by atoms with van der Waals surface area (Å²) < 4.78 is 0. The number of aryl methyl sites for hydroxylation is 1. The van der Waals surface area contributed by atoms with Gasteiger partial charge in [-0.25, -0.2) is 0 Å². The van der Waals surface area contributed by atoms with E-state index in [-0.39, 0.29) is 23.7 Å². The maximum Gasteiger partial charge on any atom is 0.238 e. The van der Waals surface area contributed by atoms with Crippen LogP contribution in [0.25, 0.3) is 0 Å². The highest BCUT2D eigenvalue weighted by Crippen LogP contribution is 2.65. The fourth-order valence-corrected chi connectivity index (χ4v) is 4.91. The van der Waals surface area contributed by atoms with Crippen molar-refractivity contribution in [2.45, 2.75) is 13.3 Å². The minimum atomic E-state index is -0.0995. The Kier molecular flexibility index (Phi) is 2.04. The molecule has 3 nitrogen and oxygen atoms in total. The van der Waals surface area contributed by atoms with Crippen molar-refractivity contribution >= 4 is 17.5 Å². The van der Waals surface area contributed by atoms with Crippen molar-refractivity contribution in [2.24, 2.45) is 35.5 Å². The van der Waals surface area contributed by atoms with E-state index in [9.17, 15) is 9.59 Å². The second kappa shape index (κ2) is 3.65. The largest absolute Gasteiger partial charge is 0.274 e. The molecule has 3 fully saturated rings. The first-order chi connectivity index (χ1) is 10.2. The predicted octanol–water partition coefficient (Wildman–Crippen LogP) is 2.55. The molecule has 0 spiro atoms. The molecule has 3 heteroatoms. The number of hydrogen-bond donors (Lipinski definition) is 0. The smallest absolute Gasteiger partial charge is 0.238 e. The number of nitrogens with zero attached hydrogens (tertiary/aromatic N) is 1. The van der Waals surface area contributed by atoms with Crippen LogP contribution in [0.1, 0.15) is 12.0 Å². The van der Waals surface area contributed by atoms with Crippen molar-refractivity contribution in [3.05, 3.63) is 42.0 Å². The van der Waals surface area contributed by atoms with Crippen molar-refractivity contribution in [1.29, 1.82) is 0 Å². The van der Waals surface area contributed by atoms with Crippen LogP contribution in [-0.2, 0) is 9.59 Å². The monoisotopic (exact) mass is 279 g/mol. The molecule has 4 aliphatic carbocycles. The Morgan fingerprint density at radius 2 is 1.43 bits per heavy atom. The minimum Gasteiger partial charge on any atom is -0.274 e. The molecule has 0 unspecified atom stereocenters. The Hall–Kier alpha value is -1.90. The van der Waals surface area contributed by atoms with Crippen LogP contribution in [0.15, 0.2) is 36.4 Å². The molecule has 1 heterocycles. The summed E-state index contributed by atoms with van der Waals surface area (Å²) >= 11 is 0. The van der Waals surface area contributed by atoms with Crippen molar-refractivity contribution in [3.63, 3.8) is 0 Å². The number of rotatable bonds is 1. The van der Waals surface area contributed by atoms with Gasteiger partial charge < -0.3 is 0 Å². The quantitative estimate of drug-likeness (QED) is 0.585. The Morgan fingerprint density at radius 1 is 0.905 bits per heavy atom. The molecule has 21 heavy (non-hydrogen) atoms. The fraction of sp³-hybridized carbons (Fsp3) is 0.444. The average Bonchev–Trinajstić information content (AvgIpc) is 3.26. The summed E-state index contributed by atoms with van der Waals surface area (Å²) in [5.41, 5.74) is 1.87. The van der Waals surface area contributed by atoms with Crippen LogP contribution in [-0.4, -0.2) is 11.8 Å². The predicted molar refractivity (Wildman–Crippen MR) is 78.4 cm³/mol. The van der Waals surface area contributed by atoms with Gasteiger partial charge in [0.1, 0.15) is 0 Å². The van der Waals surface area contributed by atoms with Gasteiger partial charge in [0.15, 0.2) is 0 Å². The Morgan fingerprint density at radius 3 is 1.95 bits per heavy atom. The van der Waals surface area contributed by atoms with Gasteiger partial charge in [-0.3, -0.25) is 14.5 Å². The zero-order valence-corrected chi connectivity index (χ0v) is 11.9. The maximum absolute atomic E-state index is 12.9. The lowest BCUT2D eigenvalue weighted by molar-refractivity contribution is -0.124. The highest BCUT2D eigenvalue weighted by molar-refractivity contribution is 6.22. The summed E-state index contributed by atoms with van der Waals surface area (Å²) in [7, 11) is 0. The molecule has 0 radical (unpaired) electrons.